The molecule has 0 amide bonds. The Labute approximate surface area is 201 Å². The van der Waals surface area contributed by atoms with Gasteiger partial charge in [0.25, 0.3) is 0 Å². The van der Waals surface area contributed by atoms with Gasteiger partial charge in [0, 0.05) is 19.7 Å². The summed E-state index contributed by atoms with van der Waals surface area (Å²) in [5.74, 6) is 1.41. The van der Waals surface area contributed by atoms with Crippen molar-refractivity contribution in [2.24, 2.45) is 11.8 Å². The molecule has 3 aromatic rings. The van der Waals surface area contributed by atoms with Crippen LogP contribution in [0.15, 0.2) is 91.0 Å². The van der Waals surface area contributed by atoms with Crippen molar-refractivity contribution in [2.45, 2.75) is 44.5 Å². The molecule has 0 bridgehead atoms. The molecule has 0 aliphatic heterocycles. The number of benzene rings is 3. The maximum atomic E-state index is 5.99. The third kappa shape index (κ3) is 5.57. The van der Waals surface area contributed by atoms with Crippen molar-refractivity contribution in [3.63, 3.8) is 0 Å². The van der Waals surface area contributed by atoms with Gasteiger partial charge in [-0.05, 0) is 68.4 Å². The Hall–Kier alpha value is -1.99. The molecule has 0 spiro atoms. The van der Waals surface area contributed by atoms with E-state index in [4.69, 9.17) is 4.74 Å². The minimum Gasteiger partial charge on any atom is -0.375 e. The molecule has 3 unspecified atom stereocenters. The number of hydrogen-bond acceptors (Lipinski definition) is 2. The van der Waals surface area contributed by atoms with Gasteiger partial charge in [-0.3, -0.25) is 0 Å². The monoisotopic (exact) mass is 459 g/mol. The number of ether oxygens (including phenoxy) is 1. The van der Waals surface area contributed by atoms with Crippen molar-refractivity contribution in [1.82, 2.24) is 4.90 Å². The Bertz CT molecular complexity index is 925. The maximum Gasteiger partial charge on any atom is 0.0973 e. The number of nitrogens with zero attached hydrogens (tertiary/aromatic N) is 1. The lowest BCUT2D eigenvalue weighted by Gasteiger charge is -2.38. The molecular weight excluding hydrogens is 421 g/mol. The number of methoxy groups -OCH3 is 1. The topological polar surface area (TPSA) is 12.5 Å². The highest BCUT2D eigenvalue weighted by Gasteiger charge is 2.40. The van der Waals surface area contributed by atoms with Crippen molar-refractivity contribution in [2.75, 3.05) is 20.7 Å². The fourth-order valence-electron chi connectivity index (χ4n) is 5.56. The van der Waals surface area contributed by atoms with Gasteiger partial charge >= 0.3 is 0 Å². The van der Waals surface area contributed by atoms with E-state index in [1.807, 2.05) is 7.11 Å². The molecular formula is C30H38NOP. The summed E-state index contributed by atoms with van der Waals surface area (Å²) in [7, 11) is 3.74. The van der Waals surface area contributed by atoms with E-state index in [1.54, 1.807) is 0 Å². The molecule has 3 aromatic carbocycles. The lowest BCUT2D eigenvalue weighted by atomic mass is 9.95. The Morgan fingerprint density at radius 2 is 1.36 bits per heavy atom. The first-order chi connectivity index (χ1) is 16.1. The highest BCUT2D eigenvalue weighted by atomic mass is 31.1. The second-order valence-electron chi connectivity index (χ2n) is 9.57. The quantitative estimate of drug-likeness (QED) is 0.351. The zero-order chi connectivity index (χ0) is 23.2. The highest BCUT2D eigenvalue weighted by Crippen LogP contribution is 2.52. The van der Waals surface area contributed by atoms with E-state index in [-0.39, 0.29) is 14.0 Å². The third-order valence-corrected chi connectivity index (χ3v) is 10.6. The van der Waals surface area contributed by atoms with Crippen molar-refractivity contribution in [3.05, 3.63) is 96.6 Å². The summed E-state index contributed by atoms with van der Waals surface area (Å²) >= 11 is 0. The molecule has 4 rings (SSSR count). The first kappa shape index (κ1) is 24.1. The van der Waals surface area contributed by atoms with Gasteiger partial charge in [-0.15, -0.1) is 0 Å². The molecule has 3 heteroatoms. The van der Waals surface area contributed by atoms with Gasteiger partial charge in [-0.25, -0.2) is 0 Å². The van der Waals surface area contributed by atoms with Crippen LogP contribution < -0.4 is 10.6 Å². The van der Waals surface area contributed by atoms with Crippen molar-refractivity contribution >= 4 is 18.5 Å². The Balaban J connectivity index is 1.58. The minimum atomic E-state index is -0.389. The third-order valence-electron chi connectivity index (χ3n) is 7.56. The lowest BCUT2D eigenvalue weighted by Crippen LogP contribution is -2.41. The van der Waals surface area contributed by atoms with Crippen LogP contribution in [0, 0.1) is 11.8 Å². The van der Waals surface area contributed by atoms with Gasteiger partial charge in [0.2, 0.25) is 0 Å². The predicted molar refractivity (Wildman–Crippen MR) is 143 cm³/mol. The number of rotatable bonds is 9. The molecule has 0 N–H and O–H groups in total. The SMILES string of the molecule is CO[C@H](c1ccccc1)[C@H](C)N(C)CC1C(C)CCC1P(c1ccccc1)c1ccccc1. The van der Waals surface area contributed by atoms with Crippen LogP contribution >= 0.6 is 7.92 Å². The summed E-state index contributed by atoms with van der Waals surface area (Å²) < 4.78 is 5.99. The van der Waals surface area contributed by atoms with Gasteiger partial charge in [0.05, 0.1) is 6.10 Å². The van der Waals surface area contributed by atoms with Crippen molar-refractivity contribution < 1.29 is 4.74 Å². The van der Waals surface area contributed by atoms with Crippen LogP contribution in [0.5, 0.6) is 0 Å². The molecule has 1 aliphatic rings. The molecule has 0 heterocycles. The van der Waals surface area contributed by atoms with E-state index in [0.29, 0.717) is 17.6 Å². The second-order valence-corrected chi connectivity index (χ2v) is 12.0. The minimum absolute atomic E-state index is 0.0797. The van der Waals surface area contributed by atoms with Gasteiger partial charge in [0.15, 0.2) is 0 Å². The van der Waals surface area contributed by atoms with Crippen molar-refractivity contribution in [3.8, 4) is 0 Å². The first-order valence-corrected chi connectivity index (χ1v) is 13.7. The molecule has 174 valence electrons. The van der Waals surface area contributed by atoms with Crippen LogP contribution in [0.2, 0.25) is 0 Å². The molecule has 33 heavy (non-hydrogen) atoms. The van der Waals surface area contributed by atoms with E-state index < -0.39 is 0 Å². The average molecular weight is 460 g/mol. The fraction of sp³-hybridized carbons (Fsp3) is 0.400. The molecule has 5 atom stereocenters. The molecule has 1 fully saturated rings. The van der Waals surface area contributed by atoms with Gasteiger partial charge in [0.1, 0.15) is 0 Å². The lowest BCUT2D eigenvalue weighted by molar-refractivity contribution is 0.0233. The van der Waals surface area contributed by atoms with Crippen LogP contribution in [0.4, 0.5) is 0 Å². The van der Waals surface area contributed by atoms with E-state index in [9.17, 15) is 0 Å². The molecule has 2 nitrogen and oxygen atoms in total. The Morgan fingerprint density at radius 3 is 1.88 bits per heavy atom. The smallest absolute Gasteiger partial charge is 0.0973 e. The van der Waals surface area contributed by atoms with Crippen LogP contribution in [0.3, 0.4) is 0 Å². The first-order valence-electron chi connectivity index (χ1n) is 12.3. The molecule has 0 radical (unpaired) electrons. The van der Waals surface area contributed by atoms with Crippen LogP contribution in [0.25, 0.3) is 0 Å². The van der Waals surface area contributed by atoms with Crippen LogP contribution in [-0.4, -0.2) is 37.3 Å². The molecule has 0 saturated heterocycles. The van der Waals surface area contributed by atoms with Gasteiger partial charge in [-0.1, -0.05) is 97.9 Å². The van der Waals surface area contributed by atoms with Crippen LogP contribution in [-0.2, 0) is 4.74 Å². The average Bonchev–Trinajstić information content (AvgIpc) is 3.21. The zero-order valence-electron chi connectivity index (χ0n) is 20.5. The second kappa shape index (κ2) is 11.4. The molecule has 0 aromatic heterocycles. The standard InChI is InChI=1S/C30H38NOP/c1-23-20-21-29(33(26-16-10-6-11-17-26)27-18-12-7-13-19-27)28(23)22-31(3)24(2)30(32-4)25-14-8-5-9-15-25/h5-19,23-24,28-30H,20-22H2,1-4H3/t23?,24-,28?,29?,30-/m0/s1. The van der Waals surface area contributed by atoms with E-state index in [1.165, 1.54) is 29.0 Å². The van der Waals surface area contributed by atoms with Gasteiger partial charge < -0.3 is 9.64 Å². The van der Waals surface area contributed by atoms with Crippen LogP contribution in [0.1, 0.15) is 38.4 Å². The molecule has 1 saturated carbocycles. The summed E-state index contributed by atoms with van der Waals surface area (Å²) in [4.78, 5) is 2.55. The highest BCUT2D eigenvalue weighted by molar-refractivity contribution is 7.73. The van der Waals surface area contributed by atoms with E-state index in [2.05, 4.69) is 117 Å². The summed E-state index contributed by atoms with van der Waals surface area (Å²) in [6.45, 7) is 5.89. The fourth-order valence-corrected chi connectivity index (χ4v) is 8.79. The maximum absolute atomic E-state index is 5.99. The van der Waals surface area contributed by atoms with E-state index >= 15 is 0 Å². The Morgan fingerprint density at radius 1 is 0.848 bits per heavy atom. The summed E-state index contributed by atoms with van der Waals surface area (Å²) in [5, 5.41) is 3.02. The summed E-state index contributed by atoms with van der Waals surface area (Å²) in [5.41, 5.74) is 1.96. The largest absolute Gasteiger partial charge is 0.375 e. The number of hydrogen-bond donors (Lipinski definition) is 0. The zero-order valence-corrected chi connectivity index (χ0v) is 21.4. The summed E-state index contributed by atoms with van der Waals surface area (Å²) in [6, 6.07) is 33.5. The number of likely N-dealkylation sites (N-methyl/N-ethyl adjacent to an activating group) is 1. The Kier molecular flexibility index (Phi) is 8.36. The van der Waals surface area contributed by atoms with Gasteiger partial charge in [-0.2, -0.15) is 0 Å². The molecule has 1 aliphatic carbocycles. The summed E-state index contributed by atoms with van der Waals surface area (Å²) in [6.07, 6.45) is 2.72. The van der Waals surface area contributed by atoms with Crippen molar-refractivity contribution in [1.29, 1.82) is 0 Å². The predicted octanol–water partition coefficient (Wildman–Crippen LogP) is 6.24. The van der Waals surface area contributed by atoms with E-state index in [0.717, 1.165) is 12.5 Å². The normalized spacial score (nSPS) is 22.5.